The standard InChI is InChI=1S/C13H23N5O/c1-16(2)13(19)18-7-4-11(5-8-18)15-10-12-14-6-9-17(12)3/h6,9,11,15H,4-5,7-8,10H2,1-3H3. The van der Waals surface area contributed by atoms with Crippen molar-refractivity contribution >= 4 is 6.03 Å². The number of amides is 2. The molecule has 0 atom stereocenters. The van der Waals surface area contributed by atoms with Crippen LogP contribution in [0.5, 0.6) is 0 Å². The van der Waals surface area contributed by atoms with Crippen LogP contribution in [0.4, 0.5) is 4.79 Å². The van der Waals surface area contributed by atoms with Crippen molar-refractivity contribution in [3.05, 3.63) is 18.2 Å². The molecule has 0 aromatic carbocycles. The zero-order valence-corrected chi connectivity index (χ0v) is 12.0. The highest BCUT2D eigenvalue weighted by atomic mass is 16.2. The quantitative estimate of drug-likeness (QED) is 0.873. The van der Waals surface area contributed by atoms with E-state index in [0.29, 0.717) is 6.04 Å². The van der Waals surface area contributed by atoms with Gasteiger partial charge in [0.25, 0.3) is 0 Å². The molecule has 2 rings (SSSR count). The summed E-state index contributed by atoms with van der Waals surface area (Å²) in [6.07, 6.45) is 5.78. The van der Waals surface area contributed by atoms with Gasteiger partial charge >= 0.3 is 6.03 Å². The highest BCUT2D eigenvalue weighted by Crippen LogP contribution is 2.12. The highest BCUT2D eigenvalue weighted by molar-refractivity contribution is 5.73. The summed E-state index contributed by atoms with van der Waals surface area (Å²) >= 11 is 0. The topological polar surface area (TPSA) is 53.4 Å². The summed E-state index contributed by atoms with van der Waals surface area (Å²) in [5, 5.41) is 3.52. The van der Waals surface area contributed by atoms with Gasteiger partial charge in [-0.25, -0.2) is 9.78 Å². The van der Waals surface area contributed by atoms with E-state index in [1.165, 1.54) is 0 Å². The Balaban J connectivity index is 1.75. The van der Waals surface area contributed by atoms with Gasteiger partial charge in [-0.05, 0) is 12.8 Å². The Labute approximate surface area is 114 Å². The SMILES string of the molecule is CN(C)C(=O)N1CCC(NCc2nccn2C)CC1. The van der Waals surface area contributed by atoms with Gasteiger partial charge in [0, 0.05) is 52.7 Å². The number of rotatable bonds is 3. The molecular formula is C13H23N5O. The van der Waals surface area contributed by atoms with E-state index in [0.717, 1.165) is 38.3 Å². The van der Waals surface area contributed by atoms with Crippen LogP contribution in [0.3, 0.4) is 0 Å². The molecule has 106 valence electrons. The number of aromatic nitrogens is 2. The molecule has 2 heterocycles. The van der Waals surface area contributed by atoms with Crippen molar-refractivity contribution in [1.82, 2.24) is 24.7 Å². The second-order valence-electron chi connectivity index (χ2n) is 5.27. The number of hydrogen-bond acceptors (Lipinski definition) is 3. The van der Waals surface area contributed by atoms with E-state index >= 15 is 0 Å². The monoisotopic (exact) mass is 265 g/mol. The number of aryl methyl sites for hydroxylation is 1. The highest BCUT2D eigenvalue weighted by Gasteiger charge is 2.23. The Morgan fingerprint density at radius 3 is 2.68 bits per heavy atom. The van der Waals surface area contributed by atoms with Crippen molar-refractivity contribution in [2.24, 2.45) is 7.05 Å². The fraction of sp³-hybridized carbons (Fsp3) is 0.692. The Morgan fingerprint density at radius 1 is 1.47 bits per heavy atom. The van der Waals surface area contributed by atoms with Crippen LogP contribution in [0.1, 0.15) is 18.7 Å². The van der Waals surface area contributed by atoms with Crippen molar-refractivity contribution in [2.75, 3.05) is 27.2 Å². The molecule has 1 aromatic heterocycles. The first kappa shape index (κ1) is 13.9. The van der Waals surface area contributed by atoms with Gasteiger partial charge in [-0.15, -0.1) is 0 Å². The van der Waals surface area contributed by atoms with Crippen LogP contribution in [0, 0.1) is 0 Å². The van der Waals surface area contributed by atoms with Gasteiger partial charge in [0.2, 0.25) is 0 Å². The van der Waals surface area contributed by atoms with Gasteiger partial charge in [-0.2, -0.15) is 0 Å². The molecule has 0 aliphatic carbocycles. The first-order chi connectivity index (χ1) is 9.08. The third kappa shape index (κ3) is 3.47. The average Bonchev–Trinajstić information content (AvgIpc) is 2.81. The molecule has 0 bridgehead atoms. The van der Waals surface area contributed by atoms with Gasteiger partial charge in [0.15, 0.2) is 0 Å². The van der Waals surface area contributed by atoms with Crippen molar-refractivity contribution < 1.29 is 4.79 Å². The van der Waals surface area contributed by atoms with Crippen molar-refractivity contribution in [3.63, 3.8) is 0 Å². The van der Waals surface area contributed by atoms with Gasteiger partial charge in [-0.3, -0.25) is 0 Å². The maximum absolute atomic E-state index is 11.8. The van der Waals surface area contributed by atoms with E-state index in [-0.39, 0.29) is 6.03 Å². The summed E-state index contributed by atoms with van der Waals surface area (Å²) in [4.78, 5) is 19.7. The normalized spacial score (nSPS) is 16.7. The molecule has 0 radical (unpaired) electrons. The van der Waals surface area contributed by atoms with Gasteiger partial charge in [-0.1, -0.05) is 0 Å². The second-order valence-corrected chi connectivity index (χ2v) is 5.27. The summed E-state index contributed by atoms with van der Waals surface area (Å²) in [7, 11) is 5.60. The molecule has 19 heavy (non-hydrogen) atoms. The smallest absolute Gasteiger partial charge is 0.319 e. The van der Waals surface area contributed by atoms with Crippen LogP contribution in [0.15, 0.2) is 12.4 Å². The van der Waals surface area contributed by atoms with Crippen LogP contribution in [-0.2, 0) is 13.6 Å². The number of nitrogens with one attached hydrogen (secondary N) is 1. The van der Waals surface area contributed by atoms with Crippen molar-refractivity contribution in [2.45, 2.75) is 25.4 Å². The molecule has 1 aromatic rings. The molecule has 0 spiro atoms. The molecule has 0 saturated carbocycles. The lowest BCUT2D eigenvalue weighted by Crippen LogP contribution is -2.48. The summed E-state index contributed by atoms with van der Waals surface area (Å²) in [6, 6.07) is 0.588. The predicted molar refractivity (Wildman–Crippen MR) is 73.7 cm³/mol. The number of likely N-dealkylation sites (tertiary alicyclic amines) is 1. The van der Waals surface area contributed by atoms with Gasteiger partial charge in [0.05, 0.1) is 6.54 Å². The number of carbonyl (C=O) groups excluding carboxylic acids is 1. The number of imidazole rings is 1. The third-order valence-corrected chi connectivity index (χ3v) is 3.62. The van der Waals surface area contributed by atoms with Crippen LogP contribution < -0.4 is 5.32 Å². The number of hydrogen-bond donors (Lipinski definition) is 1. The Kier molecular flexibility index (Phi) is 4.42. The molecule has 1 aliphatic heterocycles. The lowest BCUT2D eigenvalue weighted by Gasteiger charge is -2.34. The predicted octanol–water partition coefficient (Wildman–Crippen LogP) is 0.656. The van der Waals surface area contributed by atoms with E-state index in [1.807, 2.05) is 28.9 Å². The zero-order chi connectivity index (χ0) is 13.8. The summed E-state index contributed by atoms with van der Waals surface area (Å²) in [6.45, 7) is 2.44. The van der Waals surface area contributed by atoms with E-state index < -0.39 is 0 Å². The minimum Gasteiger partial charge on any atom is -0.337 e. The number of piperidine rings is 1. The maximum atomic E-state index is 11.8. The largest absolute Gasteiger partial charge is 0.337 e. The van der Waals surface area contributed by atoms with Gasteiger partial charge < -0.3 is 19.7 Å². The first-order valence-corrected chi connectivity index (χ1v) is 6.73. The lowest BCUT2D eigenvalue weighted by molar-refractivity contribution is 0.152. The molecule has 2 amide bonds. The van der Waals surface area contributed by atoms with Crippen LogP contribution in [-0.4, -0.2) is 58.6 Å². The molecular weight excluding hydrogens is 242 g/mol. The van der Waals surface area contributed by atoms with E-state index in [2.05, 4.69) is 10.3 Å². The minimum absolute atomic E-state index is 0.113. The van der Waals surface area contributed by atoms with Crippen LogP contribution in [0.2, 0.25) is 0 Å². The molecule has 1 fully saturated rings. The average molecular weight is 265 g/mol. The van der Waals surface area contributed by atoms with E-state index in [9.17, 15) is 4.79 Å². The van der Waals surface area contributed by atoms with Crippen molar-refractivity contribution in [1.29, 1.82) is 0 Å². The first-order valence-electron chi connectivity index (χ1n) is 6.73. The molecule has 1 aliphatic rings. The number of nitrogens with zero attached hydrogens (tertiary/aromatic N) is 4. The second kappa shape index (κ2) is 6.06. The summed E-state index contributed by atoms with van der Waals surface area (Å²) < 4.78 is 2.03. The van der Waals surface area contributed by atoms with Crippen molar-refractivity contribution in [3.8, 4) is 0 Å². The minimum atomic E-state index is 0.113. The fourth-order valence-electron chi connectivity index (χ4n) is 2.36. The Morgan fingerprint density at radius 2 is 2.16 bits per heavy atom. The number of urea groups is 1. The molecule has 6 nitrogen and oxygen atoms in total. The Hall–Kier alpha value is -1.56. The summed E-state index contributed by atoms with van der Waals surface area (Å²) in [5.41, 5.74) is 0. The zero-order valence-electron chi connectivity index (χ0n) is 12.0. The van der Waals surface area contributed by atoms with E-state index in [4.69, 9.17) is 0 Å². The summed E-state index contributed by atoms with van der Waals surface area (Å²) in [5.74, 6) is 1.05. The fourth-order valence-corrected chi connectivity index (χ4v) is 2.36. The molecule has 1 N–H and O–H groups in total. The van der Waals surface area contributed by atoms with E-state index in [1.54, 1.807) is 19.0 Å². The maximum Gasteiger partial charge on any atom is 0.319 e. The Bertz CT molecular complexity index is 420. The molecule has 1 saturated heterocycles. The lowest BCUT2D eigenvalue weighted by atomic mass is 10.1. The molecule has 6 heteroatoms. The van der Waals surface area contributed by atoms with Gasteiger partial charge in [0.1, 0.15) is 5.82 Å². The molecule has 0 unspecified atom stereocenters. The van der Waals surface area contributed by atoms with Crippen LogP contribution >= 0.6 is 0 Å². The number of carbonyl (C=O) groups is 1. The third-order valence-electron chi connectivity index (χ3n) is 3.62. The van der Waals surface area contributed by atoms with Crippen LogP contribution in [0.25, 0.3) is 0 Å².